The van der Waals surface area contributed by atoms with E-state index in [0.29, 0.717) is 6.04 Å². The molecule has 0 saturated heterocycles. The van der Waals surface area contributed by atoms with Gasteiger partial charge in [-0.05, 0) is 46.3 Å². The second-order valence-electron chi connectivity index (χ2n) is 4.44. The summed E-state index contributed by atoms with van der Waals surface area (Å²) in [6, 6.07) is 0.607. The van der Waals surface area contributed by atoms with Gasteiger partial charge in [-0.2, -0.15) is 0 Å². The van der Waals surface area contributed by atoms with Crippen molar-refractivity contribution in [3.63, 3.8) is 0 Å². The molecule has 0 unspecified atom stereocenters. The molecule has 4 heteroatoms. The first-order chi connectivity index (χ1) is 7.59. The molecule has 1 rings (SSSR count). The van der Waals surface area contributed by atoms with Crippen LogP contribution in [-0.2, 0) is 0 Å². The third-order valence-electron chi connectivity index (χ3n) is 2.63. The average molecular weight is 222 g/mol. The number of aromatic nitrogens is 2. The maximum Gasteiger partial charge on any atom is 0.222 e. The first kappa shape index (κ1) is 12.9. The van der Waals surface area contributed by atoms with E-state index >= 15 is 0 Å². The van der Waals surface area contributed by atoms with Crippen molar-refractivity contribution in [3.05, 3.63) is 18.0 Å². The summed E-state index contributed by atoms with van der Waals surface area (Å²) in [5, 5.41) is 3.22. The monoisotopic (exact) mass is 222 g/mol. The smallest absolute Gasteiger partial charge is 0.222 e. The molecule has 1 aromatic heterocycles. The standard InChI is InChI=1S/C12H22N4/c1-10(2)16(4)7-5-6-13-12-14-8-11(3)9-15-12/h8-10H,5-7H2,1-4H3,(H,13,14,15). The Balaban J connectivity index is 2.18. The number of hydrogen-bond donors (Lipinski definition) is 1. The summed E-state index contributed by atoms with van der Waals surface area (Å²) in [5.41, 5.74) is 1.09. The van der Waals surface area contributed by atoms with Gasteiger partial charge in [0.05, 0.1) is 0 Å². The Morgan fingerprint density at radius 2 is 1.94 bits per heavy atom. The van der Waals surface area contributed by atoms with Crippen LogP contribution in [0.3, 0.4) is 0 Å². The lowest BCUT2D eigenvalue weighted by Gasteiger charge is -2.20. The van der Waals surface area contributed by atoms with Gasteiger partial charge < -0.3 is 10.2 Å². The molecule has 1 heterocycles. The largest absolute Gasteiger partial charge is 0.354 e. The predicted octanol–water partition coefficient (Wildman–Crippen LogP) is 1.93. The second kappa shape index (κ2) is 6.43. The van der Waals surface area contributed by atoms with Crippen molar-refractivity contribution in [2.75, 3.05) is 25.5 Å². The Bertz CT molecular complexity index is 294. The van der Waals surface area contributed by atoms with Gasteiger partial charge in [-0.25, -0.2) is 9.97 Å². The lowest BCUT2D eigenvalue weighted by Crippen LogP contribution is -2.28. The van der Waals surface area contributed by atoms with Crippen LogP contribution in [0.5, 0.6) is 0 Å². The SMILES string of the molecule is Cc1cnc(NCCCN(C)C(C)C)nc1. The van der Waals surface area contributed by atoms with E-state index in [4.69, 9.17) is 0 Å². The van der Waals surface area contributed by atoms with Crippen molar-refractivity contribution >= 4 is 5.95 Å². The minimum absolute atomic E-state index is 0.607. The quantitative estimate of drug-likeness (QED) is 0.747. The van der Waals surface area contributed by atoms with Gasteiger partial charge in [0.15, 0.2) is 0 Å². The van der Waals surface area contributed by atoms with Crippen molar-refractivity contribution in [2.24, 2.45) is 0 Å². The topological polar surface area (TPSA) is 41.1 Å². The summed E-state index contributed by atoms with van der Waals surface area (Å²) in [7, 11) is 2.15. The lowest BCUT2D eigenvalue weighted by atomic mass is 10.3. The van der Waals surface area contributed by atoms with Gasteiger partial charge >= 0.3 is 0 Å². The van der Waals surface area contributed by atoms with E-state index in [0.717, 1.165) is 31.0 Å². The summed E-state index contributed by atoms with van der Waals surface area (Å²) in [6.45, 7) is 8.41. The van der Waals surface area contributed by atoms with Gasteiger partial charge in [0.1, 0.15) is 0 Å². The van der Waals surface area contributed by atoms with Crippen molar-refractivity contribution in [2.45, 2.75) is 33.2 Å². The highest BCUT2D eigenvalue weighted by Gasteiger charge is 2.02. The second-order valence-corrected chi connectivity index (χ2v) is 4.44. The van der Waals surface area contributed by atoms with Crippen LogP contribution in [0.25, 0.3) is 0 Å². The zero-order chi connectivity index (χ0) is 12.0. The third-order valence-corrected chi connectivity index (χ3v) is 2.63. The molecule has 0 atom stereocenters. The summed E-state index contributed by atoms with van der Waals surface area (Å²) in [4.78, 5) is 10.7. The van der Waals surface area contributed by atoms with E-state index in [2.05, 4.69) is 41.1 Å². The van der Waals surface area contributed by atoms with E-state index in [1.165, 1.54) is 0 Å². The number of anilines is 1. The predicted molar refractivity (Wildman–Crippen MR) is 67.6 cm³/mol. The molecular formula is C12H22N4. The summed E-state index contributed by atoms with van der Waals surface area (Å²) < 4.78 is 0. The molecule has 0 aliphatic heterocycles. The number of aryl methyl sites for hydroxylation is 1. The fraction of sp³-hybridized carbons (Fsp3) is 0.667. The molecule has 16 heavy (non-hydrogen) atoms. The minimum Gasteiger partial charge on any atom is -0.354 e. The van der Waals surface area contributed by atoms with Crippen LogP contribution in [0.4, 0.5) is 5.95 Å². The molecule has 0 aliphatic rings. The highest BCUT2D eigenvalue weighted by atomic mass is 15.1. The lowest BCUT2D eigenvalue weighted by molar-refractivity contribution is 0.273. The zero-order valence-corrected chi connectivity index (χ0v) is 10.7. The van der Waals surface area contributed by atoms with E-state index in [1.807, 2.05) is 19.3 Å². The normalized spacial score (nSPS) is 11.1. The van der Waals surface area contributed by atoms with Crippen molar-refractivity contribution in [1.29, 1.82) is 0 Å². The van der Waals surface area contributed by atoms with E-state index in [9.17, 15) is 0 Å². The summed E-state index contributed by atoms with van der Waals surface area (Å²) >= 11 is 0. The fourth-order valence-electron chi connectivity index (χ4n) is 1.27. The van der Waals surface area contributed by atoms with Gasteiger partial charge in [-0.15, -0.1) is 0 Å². The van der Waals surface area contributed by atoms with Gasteiger partial charge in [-0.1, -0.05) is 0 Å². The van der Waals surface area contributed by atoms with Crippen LogP contribution < -0.4 is 5.32 Å². The number of rotatable bonds is 6. The van der Waals surface area contributed by atoms with Crippen LogP contribution in [-0.4, -0.2) is 41.0 Å². The van der Waals surface area contributed by atoms with Gasteiger partial charge in [0, 0.05) is 25.0 Å². The van der Waals surface area contributed by atoms with Crippen LogP contribution in [0.1, 0.15) is 25.8 Å². The number of nitrogens with zero attached hydrogens (tertiary/aromatic N) is 3. The Labute approximate surface area is 98.1 Å². The van der Waals surface area contributed by atoms with E-state index in [-0.39, 0.29) is 0 Å². The molecule has 0 radical (unpaired) electrons. The molecule has 1 N–H and O–H groups in total. The van der Waals surface area contributed by atoms with Gasteiger partial charge in [0.2, 0.25) is 5.95 Å². The maximum absolute atomic E-state index is 4.19. The molecule has 0 spiro atoms. The minimum atomic E-state index is 0.607. The Morgan fingerprint density at radius 3 is 2.50 bits per heavy atom. The molecule has 0 aromatic carbocycles. The third kappa shape index (κ3) is 4.57. The Morgan fingerprint density at radius 1 is 1.31 bits per heavy atom. The molecule has 0 fully saturated rings. The van der Waals surface area contributed by atoms with Gasteiger partial charge in [-0.3, -0.25) is 0 Å². The fourth-order valence-corrected chi connectivity index (χ4v) is 1.27. The van der Waals surface area contributed by atoms with Crippen LogP contribution in [0, 0.1) is 6.92 Å². The van der Waals surface area contributed by atoms with Crippen molar-refractivity contribution < 1.29 is 0 Å². The molecule has 0 saturated carbocycles. The maximum atomic E-state index is 4.19. The highest BCUT2D eigenvalue weighted by Crippen LogP contribution is 1.99. The molecule has 0 aliphatic carbocycles. The van der Waals surface area contributed by atoms with Crippen LogP contribution >= 0.6 is 0 Å². The highest BCUT2D eigenvalue weighted by molar-refractivity contribution is 5.23. The molecule has 1 aromatic rings. The van der Waals surface area contributed by atoms with Crippen molar-refractivity contribution in [1.82, 2.24) is 14.9 Å². The Hall–Kier alpha value is -1.16. The van der Waals surface area contributed by atoms with Crippen LogP contribution in [0.2, 0.25) is 0 Å². The first-order valence-electron chi connectivity index (χ1n) is 5.82. The molecule has 4 nitrogen and oxygen atoms in total. The summed E-state index contributed by atoms with van der Waals surface area (Å²) in [6.07, 6.45) is 4.76. The average Bonchev–Trinajstić information content (AvgIpc) is 2.26. The zero-order valence-electron chi connectivity index (χ0n) is 10.7. The van der Waals surface area contributed by atoms with E-state index in [1.54, 1.807) is 0 Å². The first-order valence-corrected chi connectivity index (χ1v) is 5.82. The van der Waals surface area contributed by atoms with E-state index < -0.39 is 0 Å². The molecule has 90 valence electrons. The van der Waals surface area contributed by atoms with Gasteiger partial charge in [0.25, 0.3) is 0 Å². The molecular weight excluding hydrogens is 200 g/mol. The Kier molecular flexibility index (Phi) is 5.19. The molecule has 0 amide bonds. The number of nitrogens with one attached hydrogen (secondary N) is 1. The van der Waals surface area contributed by atoms with Crippen LogP contribution in [0.15, 0.2) is 12.4 Å². The van der Waals surface area contributed by atoms with Crippen molar-refractivity contribution in [3.8, 4) is 0 Å². The number of hydrogen-bond acceptors (Lipinski definition) is 4. The summed E-state index contributed by atoms with van der Waals surface area (Å²) in [5.74, 6) is 0.720. The molecule has 0 bridgehead atoms.